The lowest BCUT2D eigenvalue weighted by atomic mass is 10.0. The number of fused-ring (bicyclic) bond motifs is 2. The number of aliphatic hydroxyl groups is 1. The molecule has 4 nitrogen and oxygen atoms in total. The summed E-state index contributed by atoms with van der Waals surface area (Å²) >= 11 is 0. The van der Waals surface area contributed by atoms with Crippen molar-refractivity contribution in [1.29, 1.82) is 0 Å². The molecule has 0 radical (unpaired) electrons. The summed E-state index contributed by atoms with van der Waals surface area (Å²) in [6.45, 7) is 6.17. The third-order valence-electron chi connectivity index (χ3n) is 3.14. The van der Waals surface area contributed by atoms with Crippen molar-refractivity contribution in [3.63, 3.8) is 0 Å². The first kappa shape index (κ1) is 11.5. The quantitative estimate of drug-likeness (QED) is 0.689. The highest BCUT2D eigenvalue weighted by Gasteiger charge is 2.50. The Kier molecular flexibility index (Phi) is 2.49. The second kappa shape index (κ2) is 3.48. The van der Waals surface area contributed by atoms with Gasteiger partial charge < -0.3 is 9.84 Å². The Balaban J connectivity index is 2.11. The third-order valence-corrected chi connectivity index (χ3v) is 3.14. The van der Waals surface area contributed by atoms with Crippen LogP contribution in [0.15, 0.2) is 12.2 Å². The number of amides is 1. The van der Waals surface area contributed by atoms with Gasteiger partial charge in [0.15, 0.2) is 0 Å². The Morgan fingerprint density at radius 1 is 1.62 bits per heavy atom. The first-order valence-electron chi connectivity index (χ1n) is 5.67. The van der Waals surface area contributed by atoms with Crippen LogP contribution in [0.4, 0.5) is 4.79 Å². The number of aliphatic hydroxyl groups excluding tert-OH is 1. The smallest absolute Gasteiger partial charge is 0.411 e. The first-order chi connectivity index (χ1) is 7.36. The molecule has 0 aromatic carbocycles. The Hall–Kier alpha value is -1.03. The Labute approximate surface area is 95.9 Å². The molecular weight excluding hydrogens is 206 g/mol. The van der Waals surface area contributed by atoms with Crippen LogP contribution >= 0.6 is 0 Å². The summed E-state index contributed by atoms with van der Waals surface area (Å²) in [5.74, 6) is 0.375. The van der Waals surface area contributed by atoms with E-state index in [1.165, 1.54) is 0 Å². The van der Waals surface area contributed by atoms with Gasteiger partial charge in [-0.15, -0.1) is 0 Å². The maximum atomic E-state index is 12.0. The lowest BCUT2D eigenvalue weighted by Gasteiger charge is -2.35. The molecule has 0 aromatic heterocycles. The standard InChI is InChI=1S/C12H19NO3/c1-11(2,3)16-10(15)13-7-9-4-5-12(13,6-9)8-14/h4-5,9,14H,6-8H2,1-3H3/t9?,12-/m0/s1. The van der Waals surface area contributed by atoms with Crippen molar-refractivity contribution >= 4 is 6.09 Å². The van der Waals surface area contributed by atoms with E-state index in [0.29, 0.717) is 12.5 Å². The molecule has 1 amide bonds. The van der Waals surface area contributed by atoms with Crippen molar-refractivity contribution in [2.75, 3.05) is 13.2 Å². The molecule has 1 unspecified atom stereocenters. The van der Waals surface area contributed by atoms with Gasteiger partial charge in [0.25, 0.3) is 0 Å². The number of carbonyl (C=O) groups excluding carboxylic acids is 1. The van der Waals surface area contributed by atoms with Crippen LogP contribution in [0.2, 0.25) is 0 Å². The van der Waals surface area contributed by atoms with E-state index in [2.05, 4.69) is 6.08 Å². The van der Waals surface area contributed by atoms with Crippen LogP contribution in [0.5, 0.6) is 0 Å². The summed E-state index contributed by atoms with van der Waals surface area (Å²) in [6, 6.07) is 0. The fourth-order valence-electron chi connectivity index (χ4n) is 2.42. The second-order valence-electron chi connectivity index (χ2n) is 5.68. The van der Waals surface area contributed by atoms with E-state index in [0.717, 1.165) is 6.42 Å². The second-order valence-corrected chi connectivity index (χ2v) is 5.68. The summed E-state index contributed by atoms with van der Waals surface area (Å²) in [5.41, 5.74) is -0.994. The van der Waals surface area contributed by atoms with Crippen LogP contribution in [-0.2, 0) is 4.74 Å². The average Bonchev–Trinajstić information content (AvgIpc) is 2.72. The maximum absolute atomic E-state index is 12.0. The van der Waals surface area contributed by atoms with Gasteiger partial charge in [0.1, 0.15) is 5.60 Å². The van der Waals surface area contributed by atoms with Crippen LogP contribution < -0.4 is 0 Å². The van der Waals surface area contributed by atoms with Gasteiger partial charge in [-0.3, -0.25) is 4.90 Å². The molecule has 1 N–H and O–H groups in total. The highest BCUT2D eigenvalue weighted by molar-refractivity contribution is 5.71. The zero-order valence-corrected chi connectivity index (χ0v) is 10.1. The molecular formula is C12H19NO3. The number of carbonyl (C=O) groups is 1. The van der Waals surface area contributed by atoms with Gasteiger partial charge in [0.2, 0.25) is 0 Å². The van der Waals surface area contributed by atoms with Crippen LogP contribution in [0, 0.1) is 5.92 Å². The fraction of sp³-hybridized carbons (Fsp3) is 0.750. The molecule has 0 spiro atoms. The minimum Gasteiger partial charge on any atom is -0.444 e. The van der Waals surface area contributed by atoms with Gasteiger partial charge in [-0.25, -0.2) is 4.79 Å². The minimum atomic E-state index is -0.507. The summed E-state index contributed by atoms with van der Waals surface area (Å²) in [7, 11) is 0. The van der Waals surface area contributed by atoms with E-state index in [4.69, 9.17) is 4.74 Å². The van der Waals surface area contributed by atoms with Crippen molar-refractivity contribution in [3.8, 4) is 0 Å². The van der Waals surface area contributed by atoms with E-state index in [-0.39, 0.29) is 12.7 Å². The van der Waals surface area contributed by atoms with Gasteiger partial charge in [-0.1, -0.05) is 12.2 Å². The summed E-state index contributed by atoms with van der Waals surface area (Å²) < 4.78 is 5.34. The lowest BCUT2D eigenvalue weighted by molar-refractivity contribution is 0.00528. The fourth-order valence-corrected chi connectivity index (χ4v) is 2.42. The molecule has 0 aromatic rings. The van der Waals surface area contributed by atoms with Crippen molar-refractivity contribution in [1.82, 2.24) is 4.90 Å². The zero-order chi connectivity index (χ0) is 12.0. The van der Waals surface area contributed by atoms with Crippen LogP contribution in [0.1, 0.15) is 27.2 Å². The SMILES string of the molecule is CC(C)(C)OC(=O)N1CC2C=C[C@@]1(CO)C2. The first-order valence-corrected chi connectivity index (χ1v) is 5.67. The molecule has 16 heavy (non-hydrogen) atoms. The third kappa shape index (κ3) is 1.82. The number of nitrogens with zero attached hydrogens (tertiary/aromatic N) is 1. The van der Waals surface area contributed by atoms with Crippen LogP contribution in [0.3, 0.4) is 0 Å². The molecule has 1 saturated heterocycles. The molecule has 2 atom stereocenters. The highest BCUT2D eigenvalue weighted by Crippen LogP contribution is 2.41. The largest absolute Gasteiger partial charge is 0.444 e. The topological polar surface area (TPSA) is 49.8 Å². The lowest BCUT2D eigenvalue weighted by Crippen LogP contribution is -2.50. The monoisotopic (exact) mass is 225 g/mol. The van der Waals surface area contributed by atoms with Crippen molar-refractivity contribution < 1.29 is 14.6 Å². The summed E-state index contributed by atoms with van der Waals surface area (Å²) in [5, 5.41) is 9.46. The number of rotatable bonds is 1. The molecule has 2 rings (SSSR count). The molecule has 1 fully saturated rings. The number of ether oxygens (including phenoxy) is 1. The summed E-state index contributed by atoms with van der Waals surface area (Å²) in [6.07, 6.45) is 4.51. The number of likely N-dealkylation sites (tertiary alicyclic amines) is 1. The molecule has 2 aliphatic rings. The van der Waals surface area contributed by atoms with E-state index in [9.17, 15) is 9.90 Å². The molecule has 1 heterocycles. The van der Waals surface area contributed by atoms with E-state index in [1.54, 1.807) is 4.90 Å². The van der Waals surface area contributed by atoms with E-state index < -0.39 is 11.1 Å². The van der Waals surface area contributed by atoms with Crippen molar-refractivity contribution in [2.24, 2.45) is 5.92 Å². The van der Waals surface area contributed by atoms with E-state index >= 15 is 0 Å². The summed E-state index contributed by atoms with van der Waals surface area (Å²) in [4.78, 5) is 13.6. The predicted molar refractivity (Wildman–Crippen MR) is 60.0 cm³/mol. The van der Waals surface area contributed by atoms with Crippen LogP contribution in [-0.4, -0.2) is 40.4 Å². The Morgan fingerprint density at radius 2 is 2.31 bits per heavy atom. The molecule has 0 saturated carbocycles. The molecule has 1 aliphatic heterocycles. The van der Waals surface area contributed by atoms with E-state index in [1.807, 2.05) is 26.8 Å². The molecule has 90 valence electrons. The maximum Gasteiger partial charge on any atom is 0.411 e. The van der Waals surface area contributed by atoms with Crippen molar-refractivity contribution in [2.45, 2.75) is 38.3 Å². The van der Waals surface area contributed by atoms with Crippen molar-refractivity contribution in [3.05, 3.63) is 12.2 Å². The van der Waals surface area contributed by atoms with Gasteiger partial charge >= 0.3 is 6.09 Å². The molecule has 1 aliphatic carbocycles. The highest BCUT2D eigenvalue weighted by atomic mass is 16.6. The average molecular weight is 225 g/mol. The molecule has 4 heteroatoms. The Morgan fingerprint density at radius 3 is 2.81 bits per heavy atom. The number of hydrogen-bond donors (Lipinski definition) is 1. The van der Waals surface area contributed by atoms with Gasteiger partial charge in [0, 0.05) is 6.54 Å². The zero-order valence-electron chi connectivity index (χ0n) is 10.1. The van der Waals surface area contributed by atoms with Gasteiger partial charge in [0.05, 0.1) is 12.1 Å². The normalized spacial score (nSPS) is 32.2. The van der Waals surface area contributed by atoms with Crippen LogP contribution in [0.25, 0.3) is 0 Å². The molecule has 2 bridgehead atoms. The van der Waals surface area contributed by atoms with Gasteiger partial charge in [-0.05, 0) is 33.1 Å². The van der Waals surface area contributed by atoms with Gasteiger partial charge in [-0.2, -0.15) is 0 Å². The Bertz CT molecular complexity index is 332. The minimum absolute atomic E-state index is 0.0285. The predicted octanol–water partition coefficient (Wildman–Crippen LogP) is 1.54. The number of hydrogen-bond acceptors (Lipinski definition) is 3.